The van der Waals surface area contributed by atoms with Crippen molar-refractivity contribution in [1.82, 2.24) is 79.1 Å². The predicted molar refractivity (Wildman–Crippen MR) is 367 cm³/mol. The average Bonchev–Trinajstić information content (AvgIpc) is 1.32. The van der Waals surface area contributed by atoms with Crippen molar-refractivity contribution in [3.63, 3.8) is 0 Å². The van der Waals surface area contributed by atoms with Gasteiger partial charge in [-0.05, 0) is 85.9 Å². The van der Waals surface area contributed by atoms with Crippen LogP contribution < -0.4 is 74.9 Å². The average molecular weight is 1460 g/mol. The van der Waals surface area contributed by atoms with E-state index in [1.54, 1.807) is 27.7 Å². The number of hydrogen-bond acceptors (Lipinski definition) is 22. The second-order valence-electron chi connectivity index (χ2n) is 24.4. The number of aromatic nitrogens is 2. The van der Waals surface area contributed by atoms with E-state index < -0.39 is 174 Å². The Morgan fingerprint density at radius 1 is 0.586 bits per heavy atom. The summed E-state index contributed by atoms with van der Waals surface area (Å²) in [4.78, 5) is 204. The molecule has 540 valence electrons. The Morgan fingerprint density at radius 2 is 1.12 bits per heavy atom. The Labute approximate surface area is 586 Å². The molecule has 3 saturated heterocycles. The van der Waals surface area contributed by atoms with Crippen LogP contribution in [0.25, 0.3) is 0 Å². The number of rotatable bonds is 20. The molecule has 33 nitrogen and oxygen atoms in total. The number of hydrogen-bond donors (Lipinski definition) is 18. The first-order valence-electron chi connectivity index (χ1n) is 32.0. The van der Waals surface area contributed by atoms with E-state index in [9.17, 15) is 77.6 Å². The highest BCUT2D eigenvalue weighted by Crippen LogP contribution is 2.26. The van der Waals surface area contributed by atoms with Gasteiger partial charge in [0.05, 0.1) is 19.4 Å². The molecule has 4 heterocycles. The van der Waals surface area contributed by atoms with Gasteiger partial charge in [-0.2, -0.15) is 0 Å². The molecule has 6 rings (SSSR count). The Bertz CT molecular complexity index is 3340. The van der Waals surface area contributed by atoms with E-state index in [2.05, 4.69) is 79.1 Å². The number of phenols is 2. The quantitative estimate of drug-likeness (QED) is 0.0394. The number of phenolic OH excluding ortho intramolecular Hbond substituents is 2. The van der Waals surface area contributed by atoms with E-state index in [-0.39, 0.29) is 86.3 Å². The van der Waals surface area contributed by atoms with Gasteiger partial charge < -0.3 is 95.2 Å². The number of benzene rings is 2. The minimum absolute atomic E-state index is 0.00791. The maximum Gasteiger partial charge on any atom is 0.327 e. The van der Waals surface area contributed by atoms with Crippen LogP contribution in [-0.4, -0.2) is 217 Å². The number of fused-ring (bicyclic) bond motifs is 5. The first-order valence-corrected chi connectivity index (χ1v) is 37.0. The first kappa shape index (κ1) is 79.2. The van der Waals surface area contributed by atoms with Gasteiger partial charge in [-0.25, -0.2) is 9.78 Å². The summed E-state index contributed by atoms with van der Waals surface area (Å²) in [5.74, 6) is -15.6. The number of aromatic amines is 1. The van der Waals surface area contributed by atoms with Gasteiger partial charge in [0, 0.05) is 60.6 Å². The molecule has 2 bridgehead atoms. The van der Waals surface area contributed by atoms with Crippen molar-refractivity contribution in [2.45, 2.75) is 152 Å². The maximum atomic E-state index is 15.0. The van der Waals surface area contributed by atoms with Crippen LogP contribution in [0.5, 0.6) is 11.5 Å². The molecule has 0 radical (unpaired) electrons. The Morgan fingerprint density at radius 3 is 1.70 bits per heavy atom. The summed E-state index contributed by atoms with van der Waals surface area (Å²) in [6, 6.07) is -4.94. The standard InChI is InChI=1S/C62H86N16O17S4/c1-31(2)19-40-55(87)75-45-27-97-96-26-44(53(85)66-24-49(82)69-41(20-33-8-12-36(79)13-9-33)56(88)70-38(54(86)71-40)7-5-6-18-63)74-60(92)46(76-61(93)51(32(3)4)78-50(83)25-65-52(84)39-16-17-48(81)68-39)28-98-99-29-47(62(94)95)77-57(89)42(21-34-10-14-37(80)15-11-34)72-58(90)43(73-59(45)91)22-35-23-64-30-67-35/h8-15,23,30-32,38-47,51,79-80H,5-7,16-22,24-29,63H2,1-4H3,(H,64,67)(H,65,84)(H,66,85)(H,68,81)(H,69,82)(H,70,88)(H,71,86)(H,72,90)(H,73,91)(H,74,92)(H,75,87)(H,76,93)(H,77,89)(H,78,83)(H,94,95)/t38-,39-,40-,41-,42+,43-,44-,45-,46-,47-,51-/m0/s1. The summed E-state index contributed by atoms with van der Waals surface area (Å²) >= 11 is 0. The molecule has 0 saturated carbocycles. The van der Waals surface area contributed by atoms with Crippen molar-refractivity contribution >= 4 is 126 Å². The van der Waals surface area contributed by atoms with Crippen LogP contribution in [-0.2, 0) is 86.4 Å². The fourth-order valence-electron chi connectivity index (χ4n) is 10.2. The number of carboxylic acids is 1. The Hall–Kier alpha value is -8.81. The van der Waals surface area contributed by atoms with Crippen LogP contribution in [0.1, 0.15) is 83.0 Å². The zero-order valence-corrected chi connectivity index (χ0v) is 58.1. The highest BCUT2D eigenvalue weighted by atomic mass is 33.1. The normalized spacial score (nSPS) is 24.4. The lowest BCUT2D eigenvalue weighted by Crippen LogP contribution is -2.61. The van der Waals surface area contributed by atoms with Gasteiger partial charge in [0.1, 0.15) is 78.0 Å². The third kappa shape index (κ3) is 26.4. The van der Waals surface area contributed by atoms with Gasteiger partial charge >= 0.3 is 5.97 Å². The molecule has 37 heteroatoms. The number of aromatic hydroxyl groups is 2. The SMILES string of the molecule is CC(C)C[C@@H]1NC(=O)[C@H](CCCCN)NC(=O)[C@H](Cc2ccc(O)cc2)NC(=O)CNC(=O)[C@@H]2CSSC[C@H](NC1=O)C(=O)N[C@@H](Cc1cnc[nH]1)C(=O)N[C@H](Cc1ccc(O)cc1)C(=O)N[C@H](C(=O)O)CSSC[C@H](NC(=O)[C@@H](NC(=O)CNC(=O)[C@@H]1CCC(=O)N1)C(C)C)C(=O)N2. The molecule has 0 unspecified atom stereocenters. The number of unbranched alkanes of at least 4 members (excludes halogenated alkanes) is 1. The van der Waals surface area contributed by atoms with Crippen LogP contribution in [0.4, 0.5) is 0 Å². The topological polar surface area (TPSA) is 511 Å². The van der Waals surface area contributed by atoms with Crippen molar-refractivity contribution < 1.29 is 82.4 Å². The number of nitrogens with two attached hydrogens (primary N) is 1. The molecule has 1 aromatic heterocycles. The molecule has 13 amide bonds. The van der Waals surface area contributed by atoms with E-state index in [1.165, 1.54) is 61.1 Å². The van der Waals surface area contributed by atoms with E-state index in [0.29, 0.717) is 29.7 Å². The molecule has 0 spiro atoms. The molecule has 3 aromatic rings. The van der Waals surface area contributed by atoms with Gasteiger partial charge in [0.15, 0.2) is 0 Å². The molecule has 11 atom stereocenters. The molecular weight excluding hydrogens is 1370 g/mol. The first-order chi connectivity index (χ1) is 47.2. The lowest BCUT2D eigenvalue weighted by Gasteiger charge is -2.29. The van der Waals surface area contributed by atoms with Crippen LogP contribution in [0.2, 0.25) is 0 Å². The summed E-state index contributed by atoms with van der Waals surface area (Å²) in [6.45, 7) is 5.46. The fourth-order valence-corrected chi connectivity index (χ4v) is 14.8. The summed E-state index contributed by atoms with van der Waals surface area (Å²) in [7, 11) is 3.49. The molecule has 3 aliphatic heterocycles. The third-order valence-corrected chi connectivity index (χ3v) is 20.5. The number of carbonyl (C=O) groups is 14. The van der Waals surface area contributed by atoms with Crippen LogP contribution in [0, 0.1) is 11.8 Å². The van der Waals surface area contributed by atoms with Crippen molar-refractivity contribution in [1.29, 1.82) is 0 Å². The lowest BCUT2D eigenvalue weighted by molar-refractivity contribution is -0.141. The van der Waals surface area contributed by atoms with Crippen molar-refractivity contribution in [3.8, 4) is 11.5 Å². The monoisotopic (exact) mass is 1450 g/mol. The zero-order valence-electron chi connectivity index (χ0n) is 54.8. The molecule has 99 heavy (non-hydrogen) atoms. The van der Waals surface area contributed by atoms with E-state index >= 15 is 4.79 Å². The van der Waals surface area contributed by atoms with E-state index in [0.717, 1.165) is 43.2 Å². The maximum absolute atomic E-state index is 15.0. The minimum Gasteiger partial charge on any atom is -0.508 e. The molecule has 2 aromatic carbocycles. The van der Waals surface area contributed by atoms with Gasteiger partial charge in [-0.1, -0.05) is 95.1 Å². The molecular formula is C62H86N16O17S4. The number of amides is 13. The largest absolute Gasteiger partial charge is 0.508 e. The second kappa shape index (κ2) is 39.7. The Balaban J connectivity index is 1.43. The van der Waals surface area contributed by atoms with Crippen LogP contribution in [0.15, 0.2) is 61.1 Å². The minimum atomic E-state index is -1.71. The second-order valence-corrected chi connectivity index (χ2v) is 29.5. The Kier molecular flexibility index (Phi) is 31.7. The van der Waals surface area contributed by atoms with Crippen molar-refractivity contribution in [2.24, 2.45) is 17.6 Å². The summed E-state index contributed by atoms with van der Waals surface area (Å²) in [6.07, 6.45) is 2.85. The number of aliphatic carboxylic acids is 1. The highest BCUT2D eigenvalue weighted by Gasteiger charge is 2.38. The smallest absolute Gasteiger partial charge is 0.327 e. The highest BCUT2D eigenvalue weighted by molar-refractivity contribution is 8.77. The number of carbonyl (C=O) groups excluding carboxylic acids is 13. The van der Waals surface area contributed by atoms with Crippen molar-refractivity contribution in [3.05, 3.63) is 77.9 Å². The molecule has 3 aliphatic rings. The van der Waals surface area contributed by atoms with Crippen LogP contribution >= 0.6 is 43.2 Å². The third-order valence-electron chi connectivity index (χ3n) is 15.6. The zero-order chi connectivity index (χ0) is 72.3. The molecule has 3 fully saturated rings. The summed E-state index contributed by atoms with van der Waals surface area (Å²) < 4.78 is 0. The number of carboxylic acid groups (broad SMARTS) is 1. The summed E-state index contributed by atoms with van der Waals surface area (Å²) in [5, 5.41) is 64.4. The van der Waals surface area contributed by atoms with Crippen molar-refractivity contribution in [2.75, 3.05) is 42.6 Å². The van der Waals surface area contributed by atoms with E-state index in [1.807, 2.05) is 0 Å². The molecule has 19 N–H and O–H groups in total. The summed E-state index contributed by atoms with van der Waals surface area (Å²) in [5.41, 5.74) is 6.98. The predicted octanol–water partition coefficient (Wildman–Crippen LogP) is -3.09. The lowest BCUT2D eigenvalue weighted by atomic mass is 10.0. The number of H-pyrrole nitrogens is 1. The molecule has 0 aliphatic carbocycles. The number of nitrogens with zero attached hydrogens (tertiary/aromatic N) is 1. The number of nitrogens with one attached hydrogen (secondary N) is 14. The fraction of sp³-hybridized carbons (Fsp3) is 0.532. The van der Waals surface area contributed by atoms with E-state index in [4.69, 9.17) is 5.73 Å². The van der Waals surface area contributed by atoms with Gasteiger partial charge in [-0.15, -0.1) is 0 Å². The number of imidazole rings is 1. The van der Waals surface area contributed by atoms with Crippen LogP contribution in [0.3, 0.4) is 0 Å². The van der Waals surface area contributed by atoms with Gasteiger partial charge in [0.25, 0.3) is 0 Å². The van der Waals surface area contributed by atoms with Gasteiger partial charge in [-0.3, -0.25) is 62.3 Å². The van der Waals surface area contributed by atoms with Gasteiger partial charge in [0.2, 0.25) is 76.8 Å².